The molecule has 0 saturated carbocycles. The van der Waals surface area contributed by atoms with Gasteiger partial charge in [-0.2, -0.15) is 0 Å². The standard InChI is InChI=1S/C12H26NO4PS/c1-4-12(14)13-10-8-6-7-9-11-17-18(19,15-3)16-5-2/h4-11H2,1-3H3,(H,13,14). The fraction of sp³-hybridized carbons (Fsp3) is 0.917. The van der Waals surface area contributed by atoms with E-state index in [1.807, 2.05) is 13.8 Å². The predicted molar refractivity (Wildman–Crippen MR) is 80.6 cm³/mol. The predicted octanol–water partition coefficient (Wildman–Crippen LogP) is 3.00. The van der Waals surface area contributed by atoms with Gasteiger partial charge in [0.05, 0.1) is 13.2 Å². The molecule has 114 valence electrons. The Morgan fingerprint density at radius 1 is 1.16 bits per heavy atom. The zero-order chi connectivity index (χ0) is 14.6. The first-order chi connectivity index (χ1) is 9.08. The summed E-state index contributed by atoms with van der Waals surface area (Å²) in [5, 5.41) is 2.85. The van der Waals surface area contributed by atoms with Crippen LogP contribution in [-0.4, -0.2) is 32.8 Å². The lowest BCUT2D eigenvalue weighted by Crippen LogP contribution is -2.23. The number of hydrogen-bond donors (Lipinski definition) is 1. The van der Waals surface area contributed by atoms with E-state index in [4.69, 9.17) is 25.4 Å². The van der Waals surface area contributed by atoms with Gasteiger partial charge in [0.15, 0.2) is 0 Å². The van der Waals surface area contributed by atoms with E-state index in [2.05, 4.69) is 5.32 Å². The van der Waals surface area contributed by atoms with Gasteiger partial charge in [0.2, 0.25) is 5.91 Å². The highest BCUT2D eigenvalue weighted by Crippen LogP contribution is 2.48. The summed E-state index contributed by atoms with van der Waals surface area (Å²) in [6, 6.07) is 0. The molecule has 0 aromatic rings. The Morgan fingerprint density at radius 3 is 2.42 bits per heavy atom. The maximum atomic E-state index is 11.0. The number of rotatable bonds is 12. The maximum absolute atomic E-state index is 11.0. The third kappa shape index (κ3) is 10.4. The zero-order valence-electron chi connectivity index (χ0n) is 12.1. The molecule has 0 heterocycles. The Balaban J connectivity index is 3.44. The molecule has 1 unspecified atom stereocenters. The Labute approximate surface area is 121 Å². The minimum Gasteiger partial charge on any atom is -0.356 e. The molecule has 0 rings (SSSR count). The molecular formula is C12H26NO4PS. The molecule has 1 atom stereocenters. The molecule has 0 spiro atoms. The smallest absolute Gasteiger partial charge is 0.326 e. The largest absolute Gasteiger partial charge is 0.356 e. The Bertz CT molecular complexity index is 289. The van der Waals surface area contributed by atoms with Crippen LogP contribution >= 0.6 is 6.72 Å². The van der Waals surface area contributed by atoms with E-state index in [0.29, 0.717) is 19.6 Å². The second-order valence-electron chi connectivity index (χ2n) is 4.00. The van der Waals surface area contributed by atoms with E-state index in [9.17, 15) is 4.79 Å². The monoisotopic (exact) mass is 311 g/mol. The summed E-state index contributed by atoms with van der Waals surface area (Å²) in [7, 11) is 1.52. The van der Waals surface area contributed by atoms with Crippen molar-refractivity contribution in [2.45, 2.75) is 46.0 Å². The quantitative estimate of drug-likeness (QED) is 0.443. The van der Waals surface area contributed by atoms with E-state index in [0.717, 1.165) is 32.2 Å². The molecule has 1 amide bonds. The summed E-state index contributed by atoms with van der Waals surface area (Å²) in [5.74, 6) is 0.112. The van der Waals surface area contributed by atoms with Crippen LogP contribution in [0.1, 0.15) is 46.0 Å². The molecule has 5 nitrogen and oxygen atoms in total. The minimum atomic E-state index is -2.50. The highest BCUT2D eigenvalue weighted by molar-refractivity contribution is 8.07. The normalized spacial score (nSPS) is 14.1. The first-order valence-corrected chi connectivity index (χ1v) is 9.35. The molecule has 0 radical (unpaired) electrons. The van der Waals surface area contributed by atoms with Gasteiger partial charge >= 0.3 is 6.72 Å². The van der Waals surface area contributed by atoms with Crippen molar-refractivity contribution >= 4 is 24.4 Å². The molecule has 1 N–H and O–H groups in total. The molecule has 0 aliphatic rings. The number of hydrogen-bond acceptors (Lipinski definition) is 5. The van der Waals surface area contributed by atoms with E-state index >= 15 is 0 Å². The van der Waals surface area contributed by atoms with E-state index in [-0.39, 0.29) is 5.91 Å². The number of carbonyl (C=O) groups is 1. The molecule has 0 aromatic carbocycles. The van der Waals surface area contributed by atoms with Crippen molar-refractivity contribution < 1.29 is 18.4 Å². The molecule has 0 fully saturated rings. The third-order valence-electron chi connectivity index (χ3n) is 2.47. The first kappa shape index (κ1) is 19.0. The van der Waals surface area contributed by atoms with Crippen molar-refractivity contribution in [1.29, 1.82) is 0 Å². The molecule has 0 aromatic heterocycles. The van der Waals surface area contributed by atoms with Crippen LogP contribution in [0, 0.1) is 0 Å². The lowest BCUT2D eigenvalue weighted by Gasteiger charge is -2.18. The summed E-state index contributed by atoms with van der Waals surface area (Å²) in [5.41, 5.74) is 0. The van der Waals surface area contributed by atoms with Gasteiger partial charge in [-0.3, -0.25) is 4.79 Å². The van der Waals surface area contributed by atoms with Crippen molar-refractivity contribution in [1.82, 2.24) is 5.32 Å². The van der Waals surface area contributed by atoms with Gasteiger partial charge in [0, 0.05) is 20.1 Å². The van der Waals surface area contributed by atoms with Crippen LogP contribution in [0.3, 0.4) is 0 Å². The maximum Gasteiger partial charge on any atom is 0.326 e. The number of unbranched alkanes of at least 4 members (excludes halogenated alkanes) is 3. The summed E-state index contributed by atoms with van der Waals surface area (Å²) >= 11 is 5.16. The molecule has 0 aliphatic carbocycles. The van der Waals surface area contributed by atoms with Crippen LogP contribution in [0.5, 0.6) is 0 Å². The van der Waals surface area contributed by atoms with Crippen molar-refractivity contribution in [2.24, 2.45) is 0 Å². The van der Waals surface area contributed by atoms with Crippen molar-refractivity contribution in [3.63, 3.8) is 0 Å². The Morgan fingerprint density at radius 2 is 1.84 bits per heavy atom. The molecule has 0 saturated heterocycles. The molecular weight excluding hydrogens is 285 g/mol. The van der Waals surface area contributed by atoms with Crippen LogP contribution < -0.4 is 5.32 Å². The average Bonchev–Trinajstić information content (AvgIpc) is 2.41. The lowest BCUT2D eigenvalue weighted by atomic mass is 10.2. The highest BCUT2D eigenvalue weighted by Gasteiger charge is 2.16. The highest BCUT2D eigenvalue weighted by atomic mass is 32.5. The van der Waals surface area contributed by atoms with Gasteiger partial charge in [-0.15, -0.1) is 0 Å². The SMILES string of the molecule is CCOP(=S)(OC)OCCCCCCNC(=O)CC. The van der Waals surface area contributed by atoms with E-state index in [1.165, 1.54) is 7.11 Å². The number of carbonyl (C=O) groups excluding carboxylic acids is 1. The number of amides is 1. The van der Waals surface area contributed by atoms with Gasteiger partial charge in [-0.1, -0.05) is 19.8 Å². The summed E-state index contributed by atoms with van der Waals surface area (Å²) in [6.07, 6.45) is 4.59. The molecule has 0 bridgehead atoms. The van der Waals surface area contributed by atoms with Gasteiger partial charge in [0.1, 0.15) is 0 Å². The molecule has 19 heavy (non-hydrogen) atoms. The van der Waals surface area contributed by atoms with Gasteiger partial charge < -0.3 is 18.9 Å². The topological polar surface area (TPSA) is 56.8 Å². The first-order valence-electron chi connectivity index (χ1n) is 6.79. The van der Waals surface area contributed by atoms with E-state index in [1.54, 1.807) is 0 Å². The minimum absolute atomic E-state index is 0.112. The van der Waals surface area contributed by atoms with Crippen LogP contribution in [0.2, 0.25) is 0 Å². The van der Waals surface area contributed by atoms with Crippen molar-refractivity contribution in [2.75, 3.05) is 26.9 Å². The summed E-state index contributed by atoms with van der Waals surface area (Å²) in [4.78, 5) is 11.0. The Kier molecular flexibility index (Phi) is 11.8. The second kappa shape index (κ2) is 11.8. The molecule has 7 heteroatoms. The van der Waals surface area contributed by atoms with Crippen molar-refractivity contribution in [3.05, 3.63) is 0 Å². The van der Waals surface area contributed by atoms with Crippen LogP contribution in [-0.2, 0) is 30.2 Å². The summed E-state index contributed by atoms with van der Waals surface area (Å²) < 4.78 is 15.9. The molecule has 0 aliphatic heterocycles. The summed E-state index contributed by atoms with van der Waals surface area (Å²) in [6.45, 7) is 3.04. The fourth-order valence-corrected chi connectivity index (χ4v) is 2.90. The Hall–Kier alpha value is -0.000000000000000111. The lowest BCUT2D eigenvalue weighted by molar-refractivity contribution is -0.120. The van der Waals surface area contributed by atoms with Gasteiger partial charge in [-0.05, 0) is 31.6 Å². The van der Waals surface area contributed by atoms with Gasteiger partial charge in [0.25, 0.3) is 0 Å². The van der Waals surface area contributed by atoms with Gasteiger partial charge in [-0.25, -0.2) is 0 Å². The third-order valence-corrected chi connectivity index (χ3v) is 5.07. The average molecular weight is 311 g/mol. The van der Waals surface area contributed by atoms with Crippen LogP contribution in [0.15, 0.2) is 0 Å². The fourth-order valence-electron chi connectivity index (χ4n) is 1.41. The van der Waals surface area contributed by atoms with Crippen LogP contribution in [0.25, 0.3) is 0 Å². The van der Waals surface area contributed by atoms with E-state index < -0.39 is 6.72 Å². The number of nitrogens with one attached hydrogen (secondary N) is 1. The second-order valence-corrected chi connectivity index (χ2v) is 7.12. The van der Waals surface area contributed by atoms with Crippen molar-refractivity contribution in [3.8, 4) is 0 Å². The van der Waals surface area contributed by atoms with Crippen LogP contribution in [0.4, 0.5) is 0 Å². The zero-order valence-corrected chi connectivity index (χ0v) is 13.9.